The molecule has 8 heteroatoms. The number of aromatic nitrogens is 2. The van der Waals surface area contributed by atoms with Crippen LogP contribution in [-0.2, 0) is 24.2 Å². The van der Waals surface area contributed by atoms with E-state index in [0.29, 0.717) is 42.6 Å². The van der Waals surface area contributed by atoms with Crippen LogP contribution in [0, 0.1) is 0 Å². The van der Waals surface area contributed by atoms with Gasteiger partial charge in [0.2, 0.25) is 17.6 Å². The number of thiophene rings is 1. The van der Waals surface area contributed by atoms with Gasteiger partial charge in [-0.2, -0.15) is 4.98 Å². The second-order valence-corrected chi connectivity index (χ2v) is 7.52. The van der Waals surface area contributed by atoms with Gasteiger partial charge in [0.05, 0.1) is 14.2 Å². The highest BCUT2D eigenvalue weighted by atomic mass is 32.1. The Hall–Kier alpha value is -2.87. The first-order valence-corrected chi connectivity index (χ1v) is 9.94. The van der Waals surface area contributed by atoms with Crippen LogP contribution < -0.4 is 9.47 Å². The summed E-state index contributed by atoms with van der Waals surface area (Å²) in [6.07, 6.45) is 1.71. The van der Waals surface area contributed by atoms with Crippen LogP contribution in [0.5, 0.6) is 11.5 Å². The SMILES string of the molecule is COc1ccc(-c2noc(CCC(=O)N3CCc4sccc4C3)n2)cc1OC. The van der Waals surface area contributed by atoms with Crippen molar-refractivity contribution >= 4 is 17.2 Å². The van der Waals surface area contributed by atoms with Gasteiger partial charge in [0.25, 0.3) is 0 Å². The molecule has 3 aromatic rings. The first-order valence-electron chi connectivity index (χ1n) is 9.06. The molecule has 0 fully saturated rings. The van der Waals surface area contributed by atoms with Crippen molar-refractivity contribution in [1.29, 1.82) is 0 Å². The zero-order valence-electron chi connectivity index (χ0n) is 15.8. The van der Waals surface area contributed by atoms with Crippen molar-refractivity contribution in [2.45, 2.75) is 25.8 Å². The summed E-state index contributed by atoms with van der Waals surface area (Å²) < 4.78 is 15.9. The summed E-state index contributed by atoms with van der Waals surface area (Å²) >= 11 is 1.77. The number of ether oxygens (including phenoxy) is 2. The Bertz CT molecular complexity index is 981. The van der Waals surface area contributed by atoms with Gasteiger partial charge in [-0.05, 0) is 41.6 Å². The second-order valence-electron chi connectivity index (χ2n) is 6.52. The number of carbonyl (C=O) groups is 1. The molecule has 0 unspecified atom stereocenters. The van der Waals surface area contributed by atoms with Crippen molar-refractivity contribution in [3.05, 3.63) is 46.0 Å². The van der Waals surface area contributed by atoms with Crippen LogP contribution in [-0.4, -0.2) is 41.7 Å². The van der Waals surface area contributed by atoms with Crippen LogP contribution >= 0.6 is 11.3 Å². The Kier molecular flexibility index (Phi) is 5.29. The van der Waals surface area contributed by atoms with Crippen molar-refractivity contribution in [2.24, 2.45) is 0 Å². The van der Waals surface area contributed by atoms with Crippen molar-refractivity contribution in [2.75, 3.05) is 20.8 Å². The van der Waals surface area contributed by atoms with Crippen LogP contribution in [0.25, 0.3) is 11.4 Å². The smallest absolute Gasteiger partial charge is 0.227 e. The molecule has 1 aliphatic heterocycles. The van der Waals surface area contributed by atoms with E-state index in [2.05, 4.69) is 21.6 Å². The van der Waals surface area contributed by atoms with Gasteiger partial charge in [-0.1, -0.05) is 5.16 Å². The molecule has 0 spiro atoms. The molecule has 0 N–H and O–H groups in total. The van der Waals surface area contributed by atoms with Gasteiger partial charge < -0.3 is 18.9 Å². The van der Waals surface area contributed by atoms with Gasteiger partial charge in [0.1, 0.15) is 0 Å². The molecule has 1 amide bonds. The minimum absolute atomic E-state index is 0.114. The minimum atomic E-state index is 0.114. The van der Waals surface area contributed by atoms with Gasteiger partial charge in [-0.25, -0.2) is 0 Å². The molecule has 28 heavy (non-hydrogen) atoms. The molecule has 0 radical (unpaired) electrons. The maximum Gasteiger partial charge on any atom is 0.227 e. The first kappa shape index (κ1) is 18.5. The van der Waals surface area contributed by atoms with Crippen LogP contribution in [0.3, 0.4) is 0 Å². The van der Waals surface area contributed by atoms with Gasteiger partial charge in [0, 0.05) is 36.4 Å². The molecule has 146 valence electrons. The molecule has 0 saturated heterocycles. The maximum absolute atomic E-state index is 12.5. The third-order valence-electron chi connectivity index (χ3n) is 4.82. The summed E-state index contributed by atoms with van der Waals surface area (Å²) in [5.41, 5.74) is 2.03. The maximum atomic E-state index is 12.5. The summed E-state index contributed by atoms with van der Waals surface area (Å²) in [5, 5.41) is 6.11. The van der Waals surface area contributed by atoms with Crippen molar-refractivity contribution in [3.63, 3.8) is 0 Å². The second kappa shape index (κ2) is 8.02. The normalized spacial score (nSPS) is 13.3. The van der Waals surface area contributed by atoms with E-state index in [0.717, 1.165) is 18.5 Å². The van der Waals surface area contributed by atoms with Gasteiger partial charge in [0.15, 0.2) is 11.5 Å². The van der Waals surface area contributed by atoms with E-state index in [4.69, 9.17) is 14.0 Å². The minimum Gasteiger partial charge on any atom is -0.493 e. The fourth-order valence-electron chi connectivity index (χ4n) is 3.28. The lowest BCUT2D eigenvalue weighted by Crippen LogP contribution is -2.35. The summed E-state index contributed by atoms with van der Waals surface area (Å²) in [7, 11) is 3.16. The van der Waals surface area contributed by atoms with E-state index in [9.17, 15) is 4.79 Å². The Morgan fingerprint density at radius 1 is 1.25 bits per heavy atom. The van der Waals surface area contributed by atoms with Crippen molar-refractivity contribution in [1.82, 2.24) is 15.0 Å². The Balaban J connectivity index is 1.38. The number of rotatable bonds is 6. The average molecular weight is 399 g/mol. The number of fused-ring (bicyclic) bond motifs is 1. The number of amides is 1. The molecule has 3 heterocycles. The lowest BCUT2D eigenvalue weighted by Gasteiger charge is -2.26. The summed E-state index contributed by atoms with van der Waals surface area (Å²) in [5.74, 6) is 2.26. The van der Waals surface area contributed by atoms with Crippen LogP contribution in [0.1, 0.15) is 22.8 Å². The predicted molar refractivity (Wildman–Crippen MR) is 105 cm³/mol. The van der Waals surface area contributed by atoms with Crippen LogP contribution in [0.15, 0.2) is 34.2 Å². The molecule has 1 aliphatic rings. The van der Waals surface area contributed by atoms with Crippen molar-refractivity contribution < 1.29 is 18.8 Å². The van der Waals surface area contributed by atoms with E-state index < -0.39 is 0 Å². The number of carbonyl (C=O) groups excluding carboxylic acids is 1. The Labute approximate surface area is 166 Å². The highest BCUT2D eigenvalue weighted by Crippen LogP contribution is 2.31. The lowest BCUT2D eigenvalue weighted by atomic mass is 10.1. The summed E-state index contributed by atoms with van der Waals surface area (Å²) in [6.45, 7) is 1.46. The topological polar surface area (TPSA) is 77.7 Å². The molecule has 2 aromatic heterocycles. The molecular formula is C20H21N3O4S. The molecule has 4 rings (SSSR count). The molecular weight excluding hydrogens is 378 g/mol. The summed E-state index contributed by atoms with van der Waals surface area (Å²) in [6, 6.07) is 7.54. The quantitative estimate of drug-likeness (QED) is 0.633. The van der Waals surface area contributed by atoms with E-state index >= 15 is 0 Å². The number of aryl methyl sites for hydroxylation is 1. The molecule has 7 nitrogen and oxygen atoms in total. The zero-order valence-corrected chi connectivity index (χ0v) is 16.6. The Morgan fingerprint density at radius 2 is 2.11 bits per heavy atom. The fourth-order valence-corrected chi connectivity index (χ4v) is 4.17. The highest BCUT2D eigenvalue weighted by Gasteiger charge is 2.22. The van der Waals surface area contributed by atoms with Crippen molar-refractivity contribution in [3.8, 4) is 22.9 Å². The molecule has 1 aromatic carbocycles. The van der Waals surface area contributed by atoms with E-state index in [-0.39, 0.29) is 5.91 Å². The van der Waals surface area contributed by atoms with E-state index in [1.165, 1.54) is 10.4 Å². The number of methoxy groups -OCH3 is 2. The first-order chi connectivity index (χ1) is 13.7. The predicted octanol–water partition coefficient (Wildman–Crippen LogP) is 3.33. The molecule has 0 aliphatic carbocycles. The third-order valence-corrected chi connectivity index (χ3v) is 5.85. The number of hydrogen-bond donors (Lipinski definition) is 0. The van der Waals surface area contributed by atoms with E-state index in [1.54, 1.807) is 37.7 Å². The zero-order chi connectivity index (χ0) is 19.5. The van der Waals surface area contributed by atoms with E-state index in [1.807, 2.05) is 11.0 Å². The molecule has 0 bridgehead atoms. The fraction of sp³-hybridized carbons (Fsp3) is 0.350. The van der Waals surface area contributed by atoms with Crippen LogP contribution in [0.4, 0.5) is 0 Å². The van der Waals surface area contributed by atoms with Gasteiger partial charge in [-0.3, -0.25) is 4.79 Å². The monoisotopic (exact) mass is 399 g/mol. The largest absolute Gasteiger partial charge is 0.493 e. The lowest BCUT2D eigenvalue weighted by molar-refractivity contribution is -0.132. The number of nitrogens with zero attached hydrogens (tertiary/aromatic N) is 3. The van der Waals surface area contributed by atoms with Gasteiger partial charge >= 0.3 is 0 Å². The number of hydrogen-bond acceptors (Lipinski definition) is 7. The van der Waals surface area contributed by atoms with Gasteiger partial charge in [-0.15, -0.1) is 11.3 Å². The highest BCUT2D eigenvalue weighted by molar-refractivity contribution is 7.10. The standard InChI is InChI=1S/C20H21N3O4S/c1-25-15-4-3-13(11-16(15)26-2)20-21-18(27-22-20)5-6-19(24)23-9-7-17-14(12-23)8-10-28-17/h3-4,8,10-11H,5-7,9,12H2,1-2H3. The Morgan fingerprint density at radius 3 is 2.93 bits per heavy atom. The third kappa shape index (κ3) is 3.73. The molecule has 0 atom stereocenters. The summed E-state index contributed by atoms with van der Waals surface area (Å²) in [4.78, 5) is 20.2. The van der Waals surface area contributed by atoms with Crippen LogP contribution in [0.2, 0.25) is 0 Å². The molecule has 0 saturated carbocycles. The number of benzene rings is 1. The average Bonchev–Trinajstić information content (AvgIpc) is 3.40.